The largest absolute Gasteiger partial charge is 0.416 e. The number of halogens is 3. The summed E-state index contributed by atoms with van der Waals surface area (Å²) in [5.41, 5.74) is 0.669. The molecule has 0 spiro atoms. The summed E-state index contributed by atoms with van der Waals surface area (Å²) in [6.07, 6.45) is -5.36. The van der Waals surface area contributed by atoms with E-state index in [-0.39, 0.29) is 37.6 Å². The van der Waals surface area contributed by atoms with E-state index in [2.05, 4.69) is 0 Å². The molecule has 0 aromatic heterocycles. The van der Waals surface area contributed by atoms with Crippen molar-refractivity contribution in [2.75, 3.05) is 26.2 Å². The summed E-state index contributed by atoms with van der Waals surface area (Å²) in [7, 11) is 0. The van der Waals surface area contributed by atoms with Crippen molar-refractivity contribution in [3.05, 3.63) is 70.8 Å². The van der Waals surface area contributed by atoms with E-state index in [1.807, 2.05) is 19.1 Å². The maximum absolute atomic E-state index is 12.9. The molecule has 1 fully saturated rings. The summed E-state index contributed by atoms with van der Waals surface area (Å²) in [4.78, 5) is 28.2. The van der Waals surface area contributed by atoms with Crippen LogP contribution in [0.25, 0.3) is 0 Å². The second-order valence-electron chi connectivity index (χ2n) is 7.19. The Morgan fingerprint density at radius 1 is 1.00 bits per heavy atom. The average molecular weight is 420 g/mol. The minimum atomic E-state index is -4.56. The number of hydrogen-bond donors (Lipinski definition) is 1. The fraction of sp³-hybridized carbons (Fsp3) is 0.364. The lowest BCUT2D eigenvalue weighted by Crippen LogP contribution is -2.51. The van der Waals surface area contributed by atoms with E-state index in [0.29, 0.717) is 5.56 Å². The lowest BCUT2D eigenvalue weighted by Gasteiger charge is -2.35. The van der Waals surface area contributed by atoms with Crippen molar-refractivity contribution in [1.29, 1.82) is 0 Å². The van der Waals surface area contributed by atoms with Crippen LogP contribution in [0.3, 0.4) is 0 Å². The van der Waals surface area contributed by atoms with Crippen molar-refractivity contribution in [2.45, 2.75) is 25.6 Å². The Morgan fingerprint density at radius 3 is 2.17 bits per heavy atom. The summed E-state index contributed by atoms with van der Waals surface area (Å²) in [5, 5.41) is 10.3. The van der Waals surface area contributed by atoms with Gasteiger partial charge in [0, 0.05) is 31.7 Å². The molecule has 1 aliphatic heterocycles. The molecule has 1 atom stereocenters. The first-order valence-corrected chi connectivity index (χ1v) is 9.73. The molecule has 1 N–H and O–H groups in total. The van der Waals surface area contributed by atoms with Gasteiger partial charge in [0.15, 0.2) is 6.10 Å². The SMILES string of the molecule is CCc1ccc(C(=O)N2CCN(C(=O)C(O)c3cccc(C(F)(F)F)c3)CC2)cc1. The summed E-state index contributed by atoms with van der Waals surface area (Å²) < 4.78 is 38.6. The van der Waals surface area contributed by atoms with Crippen molar-refractivity contribution in [1.82, 2.24) is 9.80 Å². The minimum Gasteiger partial charge on any atom is -0.378 e. The molecule has 0 radical (unpaired) electrons. The summed E-state index contributed by atoms with van der Waals surface area (Å²) in [6.45, 7) is 3.01. The van der Waals surface area contributed by atoms with Gasteiger partial charge in [-0.15, -0.1) is 0 Å². The first-order valence-electron chi connectivity index (χ1n) is 9.73. The van der Waals surface area contributed by atoms with Gasteiger partial charge in [-0.2, -0.15) is 13.2 Å². The molecule has 1 aliphatic rings. The van der Waals surface area contributed by atoms with Gasteiger partial charge in [0.1, 0.15) is 0 Å². The first kappa shape index (κ1) is 21.8. The number of aliphatic hydroxyl groups excluding tert-OH is 1. The van der Waals surface area contributed by atoms with Gasteiger partial charge in [-0.1, -0.05) is 31.2 Å². The highest BCUT2D eigenvalue weighted by atomic mass is 19.4. The zero-order valence-electron chi connectivity index (χ0n) is 16.5. The molecule has 30 heavy (non-hydrogen) atoms. The zero-order valence-corrected chi connectivity index (χ0v) is 16.5. The number of hydrogen-bond acceptors (Lipinski definition) is 3. The highest BCUT2D eigenvalue weighted by Gasteiger charge is 2.33. The normalized spacial score (nSPS) is 15.8. The van der Waals surface area contributed by atoms with Crippen LogP contribution in [0.2, 0.25) is 0 Å². The second-order valence-corrected chi connectivity index (χ2v) is 7.19. The number of piperazine rings is 1. The fourth-order valence-electron chi connectivity index (χ4n) is 3.40. The number of carbonyl (C=O) groups is 2. The molecule has 8 heteroatoms. The fourth-order valence-corrected chi connectivity index (χ4v) is 3.40. The molecular weight excluding hydrogens is 397 g/mol. The summed E-state index contributed by atoms with van der Waals surface area (Å²) >= 11 is 0. The van der Waals surface area contributed by atoms with Crippen LogP contribution in [0, 0.1) is 0 Å². The molecular formula is C22H23F3N2O3. The van der Waals surface area contributed by atoms with E-state index < -0.39 is 23.8 Å². The molecule has 2 amide bonds. The van der Waals surface area contributed by atoms with Crippen LogP contribution in [0.15, 0.2) is 48.5 Å². The van der Waals surface area contributed by atoms with Crippen LogP contribution in [0.5, 0.6) is 0 Å². The number of rotatable bonds is 4. The topological polar surface area (TPSA) is 60.9 Å². The maximum Gasteiger partial charge on any atom is 0.416 e. The molecule has 2 aromatic carbocycles. The Morgan fingerprint density at radius 2 is 1.60 bits per heavy atom. The number of aliphatic hydroxyl groups is 1. The molecule has 1 saturated heterocycles. The van der Waals surface area contributed by atoms with Crippen LogP contribution >= 0.6 is 0 Å². The minimum absolute atomic E-state index is 0.107. The molecule has 2 aromatic rings. The number of benzene rings is 2. The van der Waals surface area contributed by atoms with Gasteiger partial charge in [-0.25, -0.2) is 0 Å². The van der Waals surface area contributed by atoms with Gasteiger partial charge >= 0.3 is 6.18 Å². The third-order valence-corrected chi connectivity index (χ3v) is 5.25. The Balaban J connectivity index is 1.61. The maximum atomic E-state index is 12.9. The van der Waals surface area contributed by atoms with Crippen LogP contribution < -0.4 is 0 Å². The third-order valence-electron chi connectivity index (χ3n) is 5.25. The number of nitrogens with zero attached hydrogens (tertiary/aromatic N) is 2. The predicted octanol–water partition coefficient (Wildman–Crippen LogP) is 3.29. The quantitative estimate of drug-likeness (QED) is 0.826. The molecule has 0 bridgehead atoms. The average Bonchev–Trinajstić information content (AvgIpc) is 2.77. The van der Waals surface area contributed by atoms with Crippen LogP contribution in [-0.2, 0) is 17.4 Å². The Bertz CT molecular complexity index is 905. The van der Waals surface area contributed by atoms with E-state index in [1.54, 1.807) is 17.0 Å². The summed E-state index contributed by atoms with van der Waals surface area (Å²) in [5.74, 6) is -0.808. The van der Waals surface area contributed by atoms with Gasteiger partial charge in [-0.05, 0) is 41.8 Å². The lowest BCUT2D eigenvalue weighted by atomic mass is 10.0. The molecule has 1 heterocycles. The van der Waals surface area contributed by atoms with E-state index in [0.717, 1.165) is 30.2 Å². The zero-order chi connectivity index (χ0) is 21.9. The van der Waals surface area contributed by atoms with Crippen molar-refractivity contribution >= 4 is 11.8 Å². The molecule has 5 nitrogen and oxygen atoms in total. The highest BCUT2D eigenvalue weighted by Crippen LogP contribution is 2.31. The van der Waals surface area contributed by atoms with Gasteiger partial charge in [0.05, 0.1) is 5.56 Å². The van der Waals surface area contributed by atoms with Gasteiger partial charge < -0.3 is 14.9 Å². The van der Waals surface area contributed by atoms with Crippen molar-refractivity contribution in [3.8, 4) is 0 Å². The van der Waals surface area contributed by atoms with E-state index in [1.165, 1.54) is 11.0 Å². The van der Waals surface area contributed by atoms with Crippen molar-refractivity contribution in [3.63, 3.8) is 0 Å². The lowest BCUT2D eigenvalue weighted by molar-refractivity contribution is -0.142. The highest BCUT2D eigenvalue weighted by molar-refractivity contribution is 5.94. The number of carbonyl (C=O) groups excluding carboxylic acids is 2. The van der Waals surface area contributed by atoms with Crippen LogP contribution in [0.4, 0.5) is 13.2 Å². The standard InChI is InChI=1S/C22H23F3N2O3/c1-2-15-6-8-16(9-7-15)20(29)26-10-12-27(13-11-26)21(30)19(28)17-4-3-5-18(14-17)22(23,24)25/h3-9,14,19,28H,2,10-13H2,1H3. The smallest absolute Gasteiger partial charge is 0.378 e. The number of aryl methyl sites for hydroxylation is 1. The molecule has 160 valence electrons. The first-order chi connectivity index (χ1) is 14.2. The molecule has 3 rings (SSSR count). The predicted molar refractivity (Wildman–Crippen MR) is 105 cm³/mol. The Kier molecular flexibility index (Phi) is 6.45. The van der Waals surface area contributed by atoms with Crippen LogP contribution in [-0.4, -0.2) is 52.9 Å². The van der Waals surface area contributed by atoms with Gasteiger partial charge in [0.2, 0.25) is 0 Å². The van der Waals surface area contributed by atoms with Crippen molar-refractivity contribution < 1.29 is 27.9 Å². The molecule has 0 aliphatic carbocycles. The number of alkyl halides is 3. The van der Waals surface area contributed by atoms with E-state index in [9.17, 15) is 27.9 Å². The monoisotopic (exact) mass is 420 g/mol. The Labute approximate surface area is 172 Å². The third kappa shape index (κ3) is 4.81. The van der Waals surface area contributed by atoms with Gasteiger partial charge in [0.25, 0.3) is 11.8 Å². The second kappa shape index (κ2) is 8.87. The molecule has 1 unspecified atom stereocenters. The van der Waals surface area contributed by atoms with Gasteiger partial charge in [-0.3, -0.25) is 9.59 Å². The van der Waals surface area contributed by atoms with Crippen molar-refractivity contribution in [2.24, 2.45) is 0 Å². The van der Waals surface area contributed by atoms with E-state index in [4.69, 9.17) is 0 Å². The Hall–Kier alpha value is -2.87. The number of amides is 2. The van der Waals surface area contributed by atoms with E-state index >= 15 is 0 Å². The van der Waals surface area contributed by atoms with Crippen LogP contribution in [0.1, 0.15) is 40.1 Å². The molecule has 0 saturated carbocycles. The summed E-state index contributed by atoms with van der Waals surface area (Å²) in [6, 6.07) is 11.5.